The van der Waals surface area contributed by atoms with Gasteiger partial charge >= 0.3 is 0 Å². The van der Waals surface area contributed by atoms with Crippen molar-refractivity contribution in [2.24, 2.45) is 0 Å². The molecule has 1 unspecified atom stereocenters. The van der Waals surface area contributed by atoms with E-state index in [2.05, 4.69) is 41.2 Å². The van der Waals surface area contributed by atoms with Gasteiger partial charge in [-0.3, -0.25) is 0 Å². The van der Waals surface area contributed by atoms with Crippen molar-refractivity contribution in [3.8, 4) is 0 Å². The van der Waals surface area contributed by atoms with Gasteiger partial charge in [-0.25, -0.2) is 0 Å². The van der Waals surface area contributed by atoms with Crippen molar-refractivity contribution < 1.29 is 5.11 Å². The van der Waals surface area contributed by atoms with Gasteiger partial charge in [0.15, 0.2) is 0 Å². The molecule has 0 aliphatic rings. The lowest BCUT2D eigenvalue weighted by molar-refractivity contribution is 0.201. The van der Waals surface area contributed by atoms with Gasteiger partial charge in [-0.1, -0.05) is 13.8 Å². The summed E-state index contributed by atoms with van der Waals surface area (Å²) in [6.07, 6.45) is 0.559. The number of aliphatic hydroxyl groups is 1. The van der Waals surface area contributed by atoms with Crippen LogP contribution in [0.5, 0.6) is 0 Å². The number of aliphatic hydroxyl groups excluding tert-OH is 1. The summed E-state index contributed by atoms with van der Waals surface area (Å²) in [7, 11) is 0. The molecule has 1 atom stereocenters. The summed E-state index contributed by atoms with van der Waals surface area (Å²) in [6, 6.07) is 2.08. The van der Waals surface area contributed by atoms with Crippen molar-refractivity contribution in [2.45, 2.75) is 31.6 Å². The molecule has 0 bridgehead atoms. The van der Waals surface area contributed by atoms with Crippen LogP contribution in [0.3, 0.4) is 0 Å². The summed E-state index contributed by atoms with van der Waals surface area (Å²) in [5, 5.41) is 12.4. The first-order valence-electron chi connectivity index (χ1n) is 4.60. The molecule has 1 aromatic heterocycles. The van der Waals surface area contributed by atoms with Crippen LogP contribution in [-0.2, 0) is 6.42 Å². The van der Waals surface area contributed by atoms with Crippen molar-refractivity contribution >= 4 is 39.0 Å². The lowest BCUT2D eigenvalue weighted by atomic mass is 10.2. The number of hydrogen-bond donors (Lipinski definition) is 1. The molecule has 0 amide bonds. The molecule has 0 aromatic carbocycles. The van der Waals surface area contributed by atoms with Crippen LogP contribution in [0.25, 0.3) is 0 Å². The molecule has 80 valence electrons. The van der Waals surface area contributed by atoms with Crippen LogP contribution >= 0.6 is 39.0 Å². The van der Waals surface area contributed by atoms with E-state index < -0.39 is 0 Å². The van der Waals surface area contributed by atoms with Gasteiger partial charge in [-0.2, -0.15) is 11.8 Å². The van der Waals surface area contributed by atoms with Gasteiger partial charge in [0.25, 0.3) is 0 Å². The lowest BCUT2D eigenvalue weighted by Crippen LogP contribution is -2.14. The Bertz CT molecular complexity index is 273. The van der Waals surface area contributed by atoms with Crippen LogP contribution in [0.2, 0.25) is 0 Å². The Balaban J connectivity index is 2.30. The van der Waals surface area contributed by atoms with E-state index in [0.717, 1.165) is 16.6 Å². The Labute approximate surface area is 102 Å². The maximum Gasteiger partial charge on any atom is 0.0678 e. The van der Waals surface area contributed by atoms with Gasteiger partial charge in [0.2, 0.25) is 0 Å². The monoisotopic (exact) mass is 294 g/mol. The highest BCUT2D eigenvalue weighted by atomic mass is 79.9. The third kappa shape index (κ3) is 4.82. The molecule has 0 radical (unpaired) electrons. The molecule has 4 heteroatoms. The topological polar surface area (TPSA) is 20.2 Å². The zero-order valence-electron chi connectivity index (χ0n) is 8.37. The molecule has 1 N–H and O–H groups in total. The van der Waals surface area contributed by atoms with Crippen molar-refractivity contribution in [3.63, 3.8) is 0 Å². The van der Waals surface area contributed by atoms with E-state index in [1.54, 1.807) is 11.3 Å². The van der Waals surface area contributed by atoms with Crippen molar-refractivity contribution in [1.82, 2.24) is 0 Å². The molecule has 1 heterocycles. The molecule has 1 aromatic rings. The summed E-state index contributed by atoms with van der Waals surface area (Å²) in [5.41, 5.74) is 0. The molecular formula is C10H15BrOS2. The summed E-state index contributed by atoms with van der Waals surface area (Å²) < 4.78 is 1.11. The van der Waals surface area contributed by atoms with E-state index in [1.807, 2.05) is 11.8 Å². The number of thioether (sulfide) groups is 1. The molecular weight excluding hydrogens is 280 g/mol. The van der Waals surface area contributed by atoms with Crippen molar-refractivity contribution in [3.05, 3.63) is 20.8 Å². The summed E-state index contributed by atoms with van der Waals surface area (Å²) in [4.78, 5) is 1.24. The van der Waals surface area contributed by atoms with E-state index >= 15 is 0 Å². The van der Waals surface area contributed by atoms with Gasteiger partial charge in [0.1, 0.15) is 0 Å². The average molecular weight is 295 g/mol. The predicted octanol–water partition coefficient (Wildman–Crippen LogP) is 3.56. The number of hydrogen-bond acceptors (Lipinski definition) is 3. The first-order chi connectivity index (χ1) is 6.58. The highest BCUT2D eigenvalue weighted by Crippen LogP contribution is 2.22. The van der Waals surface area contributed by atoms with Crippen molar-refractivity contribution in [2.75, 3.05) is 5.75 Å². The molecule has 1 rings (SSSR count). The molecule has 0 aliphatic heterocycles. The van der Waals surface area contributed by atoms with E-state index in [9.17, 15) is 5.11 Å². The lowest BCUT2D eigenvalue weighted by Gasteiger charge is -2.10. The van der Waals surface area contributed by atoms with Gasteiger partial charge in [-0.15, -0.1) is 11.3 Å². The second-order valence-corrected chi connectivity index (χ2v) is 6.99. The Morgan fingerprint density at radius 2 is 2.29 bits per heavy atom. The summed E-state index contributed by atoms with van der Waals surface area (Å²) >= 11 is 6.91. The average Bonchev–Trinajstić information content (AvgIpc) is 2.48. The quantitative estimate of drug-likeness (QED) is 0.896. The second-order valence-electron chi connectivity index (χ2n) is 3.47. The van der Waals surface area contributed by atoms with E-state index in [-0.39, 0.29) is 6.10 Å². The van der Waals surface area contributed by atoms with E-state index in [4.69, 9.17) is 0 Å². The van der Waals surface area contributed by atoms with Gasteiger partial charge in [-0.05, 0) is 27.2 Å². The molecule has 14 heavy (non-hydrogen) atoms. The maximum atomic E-state index is 9.73. The number of rotatable bonds is 5. The first-order valence-corrected chi connectivity index (χ1v) is 7.32. The zero-order chi connectivity index (χ0) is 10.6. The van der Waals surface area contributed by atoms with Crippen LogP contribution in [0, 0.1) is 0 Å². The third-order valence-electron chi connectivity index (χ3n) is 1.68. The van der Waals surface area contributed by atoms with Crippen LogP contribution in [-0.4, -0.2) is 22.2 Å². The largest absolute Gasteiger partial charge is 0.392 e. The Kier molecular flexibility index (Phi) is 5.52. The Hall–Kier alpha value is 0.490. The first kappa shape index (κ1) is 12.6. The van der Waals surface area contributed by atoms with Gasteiger partial charge in [0.05, 0.1) is 6.10 Å². The molecule has 0 aliphatic carbocycles. The number of thiophene rings is 1. The maximum absolute atomic E-state index is 9.73. The highest BCUT2D eigenvalue weighted by molar-refractivity contribution is 9.10. The third-order valence-corrected chi connectivity index (χ3v) is 4.64. The number of halogens is 1. The summed E-state index contributed by atoms with van der Waals surface area (Å²) in [5.74, 6) is 0.827. The fraction of sp³-hybridized carbons (Fsp3) is 0.600. The van der Waals surface area contributed by atoms with Gasteiger partial charge < -0.3 is 5.11 Å². The normalized spacial score (nSPS) is 13.5. The molecule has 0 fully saturated rings. The smallest absolute Gasteiger partial charge is 0.0678 e. The Morgan fingerprint density at radius 1 is 1.57 bits per heavy atom. The molecule has 1 nitrogen and oxygen atoms in total. The highest BCUT2D eigenvalue weighted by Gasteiger charge is 2.08. The predicted molar refractivity (Wildman–Crippen MR) is 69.3 cm³/mol. The fourth-order valence-electron chi connectivity index (χ4n) is 1.06. The minimum Gasteiger partial charge on any atom is -0.392 e. The van der Waals surface area contributed by atoms with E-state index in [0.29, 0.717) is 5.25 Å². The van der Waals surface area contributed by atoms with Crippen LogP contribution in [0.15, 0.2) is 15.9 Å². The van der Waals surface area contributed by atoms with E-state index in [1.165, 1.54) is 4.88 Å². The van der Waals surface area contributed by atoms with Crippen molar-refractivity contribution in [1.29, 1.82) is 0 Å². The van der Waals surface area contributed by atoms with Gasteiger partial charge in [0, 0.05) is 26.9 Å². The summed E-state index contributed by atoms with van der Waals surface area (Å²) in [6.45, 7) is 4.30. The molecule has 0 saturated heterocycles. The Morgan fingerprint density at radius 3 is 2.79 bits per heavy atom. The minimum absolute atomic E-state index is 0.215. The van der Waals surface area contributed by atoms with Crippen LogP contribution in [0.4, 0.5) is 0 Å². The standard InChI is InChI=1S/C10H15BrOS2/c1-7(2)13-6-9(12)4-10-3-8(11)5-14-10/h3,5,7,9,12H,4,6H2,1-2H3. The molecule has 0 spiro atoms. The van der Waals surface area contributed by atoms with Crippen LogP contribution in [0.1, 0.15) is 18.7 Å². The zero-order valence-corrected chi connectivity index (χ0v) is 11.6. The minimum atomic E-state index is -0.215. The van der Waals surface area contributed by atoms with Crippen LogP contribution < -0.4 is 0 Å². The molecule has 0 saturated carbocycles. The SMILES string of the molecule is CC(C)SCC(O)Cc1cc(Br)cs1. The second kappa shape index (κ2) is 6.16. The fourth-order valence-corrected chi connectivity index (χ4v) is 3.30.